The Kier molecular flexibility index (Phi) is 6.16. The third-order valence-corrected chi connectivity index (χ3v) is 17.2. The van der Waals surface area contributed by atoms with Crippen molar-refractivity contribution >= 4 is 41.0 Å². The van der Waals surface area contributed by atoms with E-state index in [9.17, 15) is 0 Å². The molecule has 2 heterocycles. The molecule has 0 spiro atoms. The van der Waals surface area contributed by atoms with Gasteiger partial charge in [-0.3, -0.25) is 0 Å². The van der Waals surface area contributed by atoms with E-state index in [2.05, 4.69) is 158 Å². The zero-order valence-corrected chi connectivity index (χ0v) is 26.0. The van der Waals surface area contributed by atoms with Crippen LogP contribution in [-0.4, -0.2) is 41.0 Å². The average Bonchev–Trinajstić information content (AvgIpc) is 3.05. The molecular formula is C38H26O2Sr. The van der Waals surface area contributed by atoms with Crippen molar-refractivity contribution in [3.8, 4) is 23.0 Å². The Bertz CT molecular complexity index is 1650. The number of para-hydroxylation sites is 4. The van der Waals surface area contributed by atoms with Gasteiger partial charge in [-0.05, 0) is 0 Å². The third kappa shape index (κ3) is 3.80. The number of rotatable bonds is 4. The van der Waals surface area contributed by atoms with Crippen molar-refractivity contribution in [1.82, 2.24) is 0 Å². The monoisotopic (exact) mass is 602 g/mol. The molecule has 0 unspecified atom stereocenters. The summed E-state index contributed by atoms with van der Waals surface area (Å²) in [6, 6.07) is 57.0. The Labute approximate surface area is 263 Å². The van der Waals surface area contributed by atoms with Gasteiger partial charge in [0.2, 0.25) is 0 Å². The zero-order chi connectivity index (χ0) is 27.3. The fourth-order valence-electron chi connectivity index (χ4n) is 7.21. The van der Waals surface area contributed by atoms with Gasteiger partial charge in [-0.25, -0.2) is 0 Å². The van der Waals surface area contributed by atoms with Crippen LogP contribution in [0, 0.1) is 0 Å². The molecule has 0 fully saturated rings. The predicted molar refractivity (Wildman–Crippen MR) is 164 cm³/mol. The molecule has 0 aromatic heterocycles. The molecule has 192 valence electrons. The van der Waals surface area contributed by atoms with Gasteiger partial charge in [0.15, 0.2) is 0 Å². The molecule has 0 saturated heterocycles. The summed E-state index contributed by atoms with van der Waals surface area (Å²) in [5, 5.41) is 0. The van der Waals surface area contributed by atoms with E-state index in [1.807, 2.05) is 0 Å². The molecule has 0 amide bonds. The number of hydrogen-bond acceptors (Lipinski definition) is 2. The SMILES string of the molecule is c1ccc([C]2([Sr][C]3(c4ccccc4)c4ccccc4Oc4ccccc43)c3ccccc3Oc3ccccc32)cc1. The molecule has 6 aromatic carbocycles. The number of hydrogen-bond donors (Lipinski definition) is 0. The maximum absolute atomic E-state index is 6.63. The van der Waals surface area contributed by atoms with Crippen molar-refractivity contribution in [3.05, 3.63) is 191 Å². The second-order valence-electron chi connectivity index (χ2n) is 10.9. The number of fused-ring (bicyclic) bond motifs is 4. The number of benzene rings is 6. The van der Waals surface area contributed by atoms with Crippen LogP contribution in [0.25, 0.3) is 0 Å². The topological polar surface area (TPSA) is 18.5 Å². The van der Waals surface area contributed by atoms with Gasteiger partial charge in [-0.2, -0.15) is 0 Å². The molecule has 0 bridgehead atoms. The Morgan fingerprint density at radius 2 is 0.585 bits per heavy atom. The van der Waals surface area contributed by atoms with Gasteiger partial charge in [0.05, 0.1) is 0 Å². The second-order valence-corrected chi connectivity index (χ2v) is 17.0. The van der Waals surface area contributed by atoms with Crippen LogP contribution in [0.2, 0.25) is 0 Å². The average molecular weight is 602 g/mol. The van der Waals surface area contributed by atoms with Crippen molar-refractivity contribution in [2.24, 2.45) is 0 Å². The van der Waals surface area contributed by atoms with E-state index in [1.54, 1.807) is 0 Å². The quantitative estimate of drug-likeness (QED) is 0.188. The summed E-state index contributed by atoms with van der Waals surface area (Å²) in [4.78, 5) is 0. The van der Waals surface area contributed by atoms with E-state index < -0.39 is 41.0 Å². The molecule has 2 aliphatic rings. The van der Waals surface area contributed by atoms with Gasteiger partial charge in [0.1, 0.15) is 0 Å². The molecular weight excluding hydrogens is 576 g/mol. The minimum absolute atomic E-state index is 0.318. The Morgan fingerprint density at radius 1 is 0.317 bits per heavy atom. The van der Waals surface area contributed by atoms with Crippen LogP contribution in [0.3, 0.4) is 0 Å². The van der Waals surface area contributed by atoms with Crippen LogP contribution in [0.5, 0.6) is 23.0 Å². The Morgan fingerprint density at radius 3 is 0.902 bits per heavy atom. The molecule has 0 atom stereocenters. The van der Waals surface area contributed by atoms with E-state index in [0.29, 0.717) is 0 Å². The fourth-order valence-corrected chi connectivity index (χ4v) is 16.1. The molecule has 0 saturated carbocycles. The maximum atomic E-state index is 6.63. The zero-order valence-electron chi connectivity index (χ0n) is 22.5. The summed E-state index contributed by atoms with van der Waals surface area (Å²) < 4.78 is 12.6. The standard InChI is InChI=1S/2C19H13O.Sr/c2*1-2-8-14(9-3-1)19-15-10-4-6-12-17(15)20-18-13-7-5-11-16(18)19;/h2*1-13H;. The first kappa shape index (κ1) is 25.1. The van der Waals surface area contributed by atoms with Gasteiger partial charge < -0.3 is 0 Å². The van der Waals surface area contributed by atoms with Gasteiger partial charge in [0.25, 0.3) is 0 Å². The molecule has 0 N–H and O–H groups in total. The fraction of sp³-hybridized carbons (Fsp3) is 0.0526. The van der Waals surface area contributed by atoms with Crippen LogP contribution in [0.1, 0.15) is 33.4 Å². The summed E-state index contributed by atoms with van der Waals surface area (Å²) in [6.07, 6.45) is 0. The van der Waals surface area contributed by atoms with Crippen molar-refractivity contribution in [2.45, 2.75) is 0.772 Å². The van der Waals surface area contributed by atoms with Crippen molar-refractivity contribution < 1.29 is 9.47 Å². The summed E-state index contributed by atoms with van der Waals surface area (Å²) in [6.45, 7) is 0. The van der Waals surface area contributed by atoms with Crippen LogP contribution >= 0.6 is 0 Å². The van der Waals surface area contributed by atoms with Gasteiger partial charge >= 0.3 is 265 Å². The van der Waals surface area contributed by atoms with Crippen LogP contribution in [-0.2, 0) is 0.772 Å². The third-order valence-electron chi connectivity index (χ3n) is 8.89. The summed E-state index contributed by atoms with van der Waals surface area (Å²) in [5.41, 5.74) is 7.70. The summed E-state index contributed by atoms with van der Waals surface area (Å²) in [5.74, 6) is 3.79. The van der Waals surface area contributed by atoms with E-state index in [0.717, 1.165) is 23.0 Å². The molecule has 2 nitrogen and oxygen atoms in total. The van der Waals surface area contributed by atoms with E-state index in [-0.39, 0.29) is 0.772 Å². The molecule has 2 aliphatic heterocycles. The van der Waals surface area contributed by atoms with E-state index in [4.69, 9.17) is 9.47 Å². The number of ether oxygens (including phenoxy) is 2. The van der Waals surface area contributed by atoms with Crippen molar-refractivity contribution in [1.29, 1.82) is 0 Å². The molecule has 0 radical (unpaired) electrons. The Hall–Kier alpha value is -3.60. The van der Waals surface area contributed by atoms with Crippen LogP contribution < -0.4 is 9.47 Å². The molecule has 41 heavy (non-hydrogen) atoms. The predicted octanol–water partition coefficient (Wildman–Crippen LogP) is 8.89. The molecule has 6 aromatic rings. The first-order chi connectivity index (χ1) is 20.3. The summed E-state index contributed by atoms with van der Waals surface area (Å²) in [7, 11) is 0. The summed E-state index contributed by atoms with van der Waals surface area (Å²) >= 11 is -2.32. The molecule has 3 heteroatoms. The van der Waals surface area contributed by atoms with Gasteiger partial charge in [-0.1, -0.05) is 0 Å². The van der Waals surface area contributed by atoms with Crippen molar-refractivity contribution in [3.63, 3.8) is 0 Å². The van der Waals surface area contributed by atoms with Crippen molar-refractivity contribution in [2.75, 3.05) is 0 Å². The normalized spacial score (nSPS) is 15.0. The van der Waals surface area contributed by atoms with E-state index >= 15 is 0 Å². The minimum atomic E-state index is -2.32. The first-order valence-electron chi connectivity index (χ1n) is 14.2. The van der Waals surface area contributed by atoms with Crippen LogP contribution in [0.15, 0.2) is 158 Å². The van der Waals surface area contributed by atoms with Gasteiger partial charge in [-0.15, -0.1) is 0 Å². The second kappa shape index (κ2) is 10.0. The Balaban J connectivity index is 1.54. The first-order valence-corrected chi connectivity index (χ1v) is 17.6. The molecule has 0 aliphatic carbocycles. The molecule has 8 rings (SSSR count). The van der Waals surface area contributed by atoms with Gasteiger partial charge in [0, 0.05) is 0 Å². The van der Waals surface area contributed by atoms with E-state index in [1.165, 1.54) is 33.4 Å². The van der Waals surface area contributed by atoms with Crippen LogP contribution in [0.4, 0.5) is 0 Å².